The fourth-order valence-electron chi connectivity index (χ4n) is 2.14. The van der Waals surface area contributed by atoms with Crippen LogP contribution in [-0.4, -0.2) is 43.4 Å². The van der Waals surface area contributed by atoms with Crippen LogP contribution in [0.4, 0.5) is 16.3 Å². The molecule has 3 rings (SSSR count). The Bertz CT molecular complexity index is 899. The molecule has 0 saturated heterocycles. The SMILES string of the molecule is CCOC(=O)Nc1cnn(CC(=O)n2ncc3cc(N)ccc32)n1. The van der Waals surface area contributed by atoms with E-state index < -0.39 is 6.09 Å². The monoisotopic (exact) mass is 329 g/mol. The Labute approximate surface area is 136 Å². The fraction of sp³-hybridized carbons (Fsp3) is 0.214. The minimum absolute atomic E-state index is 0.133. The molecule has 124 valence electrons. The summed E-state index contributed by atoms with van der Waals surface area (Å²) in [6, 6.07) is 5.15. The minimum atomic E-state index is -0.633. The lowest BCUT2D eigenvalue weighted by Crippen LogP contribution is -2.21. The Kier molecular flexibility index (Phi) is 4.10. The quantitative estimate of drug-likeness (QED) is 0.686. The molecule has 10 heteroatoms. The van der Waals surface area contributed by atoms with Crippen LogP contribution in [0, 0.1) is 0 Å². The lowest BCUT2D eigenvalue weighted by molar-refractivity contribution is 0.0870. The van der Waals surface area contributed by atoms with Crippen LogP contribution in [0.3, 0.4) is 0 Å². The first kappa shape index (κ1) is 15.5. The van der Waals surface area contributed by atoms with Crippen molar-refractivity contribution in [2.24, 2.45) is 0 Å². The van der Waals surface area contributed by atoms with Crippen molar-refractivity contribution in [2.45, 2.75) is 13.5 Å². The number of ether oxygens (including phenoxy) is 1. The highest BCUT2D eigenvalue weighted by Gasteiger charge is 2.14. The van der Waals surface area contributed by atoms with Crippen LogP contribution in [0.2, 0.25) is 0 Å². The minimum Gasteiger partial charge on any atom is -0.450 e. The van der Waals surface area contributed by atoms with Gasteiger partial charge < -0.3 is 10.5 Å². The Morgan fingerprint density at radius 2 is 2.12 bits per heavy atom. The van der Waals surface area contributed by atoms with Gasteiger partial charge in [0.05, 0.1) is 24.5 Å². The molecule has 0 atom stereocenters. The summed E-state index contributed by atoms with van der Waals surface area (Å²) in [5.41, 5.74) is 6.95. The number of carbonyl (C=O) groups is 2. The summed E-state index contributed by atoms with van der Waals surface area (Å²) in [5, 5.41) is 15.1. The molecule has 0 saturated carbocycles. The number of nitrogen functional groups attached to an aromatic ring is 1. The highest BCUT2D eigenvalue weighted by Crippen LogP contribution is 2.17. The Morgan fingerprint density at radius 3 is 2.92 bits per heavy atom. The van der Waals surface area contributed by atoms with E-state index in [1.165, 1.54) is 10.9 Å². The molecule has 0 fully saturated rings. The van der Waals surface area contributed by atoms with Crippen LogP contribution < -0.4 is 11.1 Å². The van der Waals surface area contributed by atoms with Crippen molar-refractivity contribution >= 4 is 34.4 Å². The number of anilines is 2. The van der Waals surface area contributed by atoms with E-state index in [1.807, 2.05) is 0 Å². The van der Waals surface area contributed by atoms with E-state index in [9.17, 15) is 9.59 Å². The number of rotatable bonds is 4. The summed E-state index contributed by atoms with van der Waals surface area (Å²) in [5.74, 6) is -0.132. The zero-order valence-electron chi connectivity index (χ0n) is 12.8. The number of carbonyl (C=O) groups excluding carboxylic acids is 2. The van der Waals surface area contributed by atoms with Crippen molar-refractivity contribution < 1.29 is 14.3 Å². The van der Waals surface area contributed by atoms with Gasteiger partial charge in [0, 0.05) is 11.1 Å². The van der Waals surface area contributed by atoms with Gasteiger partial charge in [-0.3, -0.25) is 10.1 Å². The highest BCUT2D eigenvalue weighted by molar-refractivity contribution is 5.91. The van der Waals surface area contributed by atoms with Crippen molar-refractivity contribution in [2.75, 3.05) is 17.7 Å². The number of nitrogens with zero attached hydrogens (tertiary/aromatic N) is 5. The second-order valence-electron chi connectivity index (χ2n) is 4.87. The summed E-state index contributed by atoms with van der Waals surface area (Å²) < 4.78 is 6.00. The Balaban J connectivity index is 1.72. The normalized spacial score (nSPS) is 10.7. The van der Waals surface area contributed by atoms with Gasteiger partial charge in [-0.25, -0.2) is 4.79 Å². The standard InChI is InChI=1S/C14H15N7O3/c1-2-24-14(23)18-12-7-16-20(19-12)8-13(22)21-11-4-3-10(15)5-9(11)6-17-21/h3-7H,2,8,15H2,1H3,(H,18,19,23). The first-order valence-electron chi connectivity index (χ1n) is 7.17. The number of fused-ring (bicyclic) bond motifs is 1. The highest BCUT2D eigenvalue weighted by atomic mass is 16.5. The van der Waals surface area contributed by atoms with E-state index in [0.717, 1.165) is 10.2 Å². The predicted molar refractivity (Wildman–Crippen MR) is 85.4 cm³/mol. The summed E-state index contributed by atoms with van der Waals surface area (Å²) in [6.45, 7) is 1.80. The fourth-order valence-corrected chi connectivity index (χ4v) is 2.14. The summed E-state index contributed by atoms with van der Waals surface area (Å²) in [6.07, 6.45) is 2.26. The number of nitrogens with one attached hydrogen (secondary N) is 1. The molecule has 0 radical (unpaired) electrons. The molecule has 0 unspecified atom stereocenters. The molecule has 2 aromatic heterocycles. The van der Waals surface area contributed by atoms with Crippen molar-refractivity contribution in [1.29, 1.82) is 0 Å². The Morgan fingerprint density at radius 1 is 1.29 bits per heavy atom. The van der Waals surface area contributed by atoms with Crippen LogP contribution in [0.5, 0.6) is 0 Å². The maximum atomic E-state index is 12.4. The van der Waals surface area contributed by atoms with E-state index in [2.05, 4.69) is 20.6 Å². The van der Waals surface area contributed by atoms with Crippen LogP contribution in [0.15, 0.2) is 30.6 Å². The molecule has 0 spiro atoms. The largest absolute Gasteiger partial charge is 0.450 e. The summed E-state index contributed by atoms with van der Waals surface area (Å²) in [4.78, 5) is 24.8. The smallest absolute Gasteiger partial charge is 0.412 e. The van der Waals surface area contributed by atoms with Crippen LogP contribution in [-0.2, 0) is 11.3 Å². The third-order valence-electron chi connectivity index (χ3n) is 3.15. The van der Waals surface area contributed by atoms with E-state index in [0.29, 0.717) is 11.2 Å². The zero-order valence-corrected chi connectivity index (χ0v) is 12.8. The number of nitrogens with two attached hydrogens (primary N) is 1. The van der Waals surface area contributed by atoms with Gasteiger partial charge in [-0.15, -0.1) is 5.10 Å². The second-order valence-corrected chi connectivity index (χ2v) is 4.87. The molecule has 0 aliphatic carbocycles. The summed E-state index contributed by atoms with van der Waals surface area (Å²) >= 11 is 0. The van der Waals surface area contributed by atoms with E-state index in [4.69, 9.17) is 10.5 Å². The van der Waals surface area contributed by atoms with Gasteiger partial charge in [0.2, 0.25) is 0 Å². The lowest BCUT2D eigenvalue weighted by atomic mass is 10.2. The third-order valence-corrected chi connectivity index (χ3v) is 3.15. The molecule has 1 aromatic carbocycles. The topological polar surface area (TPSA) is 130 Å². The summed E-state index contributed by atoms with van der Waals surface area (Å²) in [7, 11) is 0. The molecule has 24 heavy (non-hydrogen) atoms. The van der Waals surface area contributed by atoms with Crippen molar-refractivity contribution in [3.63, 3.8) is 0 Å². The van der Waals surface area contributed by atoms with Crippen LogP contribution >= 0.6 is 0 Å². The van der Waals surface area contributed by atoms with Crippen LogP contribution in [0.25, 0.3) is 10.9 Å². The van der Waals surface area contributed by atoms with Crippen LogP contribution in [0.1, 0.15) is 11.7 Å². The molecule has 1 amide bonds. The number of hydrogen-bond acceptors (Lipinski definition) is 7. The van der Waals surface area contributed by atoms with Crippen molar-refractivity contribution in [3.8, 4) is 0 Å². The predicted octanol–water partition coefficient (Wildman–Crippen LogP) is 1.12. The average molecular weight is 329 g/mol. The van der Waals surface area contributed by atoms with Gasteiger partial charge >= 0.3 is 6.09 Å². The number of benzene rings is 1. The van der Waals surface area contributed by atoms with E-state index >= 15 is 0 Å². The molecular weight excluding hydrogens is 314 g/mol. The maximum Gasteiger partial charge on any atom is 0.412 e. The van der Waals surface area contributed by atoms with Gasteiger partial charge in [0.25, 0.3) is 5.91 Å². The average Bonchev–Trinajstić information content (AvgIpc) is 3.13. The van der Waals surface area contributed by atoms with Gasteiger partial charge in [0.15, 0.2) is 5.82 Å². The first-order chi connectivity index (χ1) is 11.6. The van der Waals surface area contributed by atoms with E-state index in [-0.39, 0.29) is 24.9 Å². The Hall–Kier alpha value is -3.43. The molecule has 3 aromatic rings. The van der Waals surface area contributed by atoms with Gasteiger partial charge in [-0.1, -0.05) is 0 Å². The number of aromatic nitrogens is 5. The van der Waals surface area contributed by atoms with Gasteiger partial charge in [-0.05, 0) is 25.1 Å². The third kappa shape index (κ3) is 3.16. The second kappa shape index (κ2) is 6.36. The molecule has 2 heterocycles. The first-order valence-corrected chi connectivity index (χ1v) is 7.17. The zero-order chi connectivity index (χ0) is 17.1. The molecule has 0 aliphatic rings. The van der Waals surface area contributed by atoms with Crippen molar-refractivity contribution in [3.05, 3.63) is 30.6 Å². The molecule has 10 nitrogen and oxygen atoms in total. The molecular formula is C14H15N7O3. The maximum absolute atomic E-state index is 12.4. The lowest BCUT2D eigenvalue weighted by Gasteiger charge is -2.03. The molecule has 0 bridgehead atoms. The van der Waals surface area contributed by atoms with Crippen molar-refractivity contribution in [1.82, 2.24) is 24.8 Å². The van der Waals surface area contributed by atoms with Gasteiger partial charge in [-0.2, -0.15) is 19.7 Å². The number of hydrogen-bond donors (Lipinski definition) is 2. The number of amides is 1. The molecule has 0 aliphatic heterocycles. The van der Waals surface area contributed by atoms with Gasteiger partial charge in [0.1, 0.15) is 6.54 Å². The van der Waals surface area contributed by atoms with E-state index in [1.54, 1.807) is 31.3 Å². The molecule has 3 N–H and O–H groups in total.